The molecule has 22 heavy (non-hydrogen) atoms. The van der Waals surface area contributed by atoms with E-state index in [0.29, 0.717) is 12.0 Å². The summed E-state index contributed by atoms with van der Waals surface area (Å²) >= 11 is 0. The van der Waals surface area contributed by atoms with Gasteiger partial charge in [0.1, 0.15) is 6.54 Å². The van der Waals surface area contributed by atoms with Crippen molar-refractivity contribution in [2.24, 2.45) is 0 Å². The quantitative estimate of drug-likeness (QED) is 0.888. The van der Waals surface area contributed by atoms with E-state index in [2.05, 4.69) is 10.3 Å². The summed E-state index contributed by atoms with van der Waals surface area (Å²) in [5.41, 5.74) is 1.54. The minimum atomic E-state index is -0.200. The molecular weight excluding hydrogens is 278 g/mol. The highest BCUT2D eigenvalue weighted by Gasteiger charge is 2.11. The highest BCUT2D eigenvalue weighted by atomic mass is 16.2. The van der Waals surface area contributed by atoms with Crippen molar-refractivity contribution < 1.29 is 4.79 Å². The van der Waals surface area contributed by atoms with E-state index in [9.17, 15) is 9.59 Å². The Morgan fingerprint density at radius 3 is 2.73 bits per heavy atom. The molecule has 116 valence electrons. The van der Waals surface area contributed by atoms with Crippen LogP contribution in [0, 0.1) is 0 Å². The fourth-order valence-electron chi connectivity index (χ4n) is 2.32. The number of nitrogens with zero attached hydrogens (tertiary/aromatic N) is 2. The van der Waals surface area contributed by atoms with Crippen LogP contribution in [0.25, 0.3) is 0 Å². The number of hydrogen-bond donors (Lipinski definition) is 1. The van der Waals surface area contributed by atoms with Crippen molar-refractivity contribution >= 4 is 5.91 Å². The zero-order chi connectivity index (χ0) is 15.9. The Hall–Kier alpha value is -2.43. The van der Waals surface area contributed by atoms with Crippen molar-refractivity contribution in [3.05, 3.63) is 64.3 Å². The molecule has 1 heterocycles. The summed E-state index contributed by atoms with van der Waals surface area (Å²) in [6, 6.07) is 9.61. The van der Waals surface area contributed by atoms with Crippen LogP contribution < -0.4 is 10.9 Å². The van der Waals surface area contributed by atoms with Gasteiger partial charge in [-0.3, -0.25) is 14.2 Å². The second-order valence-corrected chi connectivity index (χ2v) is 5.30. The first-order valence-corrected chi connectivity index (χ1v) is 7.49. The highest BCUT2D eigenvalue weighted by Crippen LogP contribution is 2.10. The van der Waals surface area contributed by atoms with E-state index in [1.807, 2.05) is 44.2 Å². The molecule has 1 atom stereocenters. The van der Waals surface area contributed by atoms with Crippen LogP contribution in [0.1, 0.15) is 37.4 Å². The fourth-order valence-corrected chi connectivity index (χ4v) is 2.32. The Labute approximate surface area is 130 Å². The van der Waals surface area contributed by atoms with E-state index in [-0.39, 0.29) is 24.1 Å². The van der Waals surface area contributed by atoms with Crippen molar-refractivity contribution in [2.75, 3.05) is 0 Å². The second-order valence-electron chi connectivity index (χ2n) is 5.30. The smallest absolute Gasteiger partial charge is 0.256 e. The lowest BCUT2D eigenvalue weighted by molar-refractivity contribution is -0.122. The van der Waals surface area contributed by atoms with E-state index in [1.165, 1.54) is 10.9 Å². The zero-order valence-electron chi connectivity index (χ0n) is 13.0. The first kappa shape index (κ1) is 15.9. The minimum absolute atomic E-state index is 0.0133. The van der Waals surface area contributed by atoms with Gasteiger partial charge in [-0.05, 0) is 18.9 Å². The van der Waals surface area contributed by atoms with Crippen LogP contribution in [0.4, 0.5) is 0 Å². The SMILES string of the molecule is CCCc1cncn(CC(=O)N[C@@H](C)c2ccccc2)c1=O. The molecule has 0 saturated carbocycles. The molecule has 0 unspecified atom stereocenters. The lowest BCUT2D eigenvalue weighted by Gasteiger charge is -2.15. The summed E-state index contributed by atoms with van der Waals surface area (Å²) in [6.07, 6.45) is 4.54. The van der Waals surface area contributed by atoms with E-state index in [1.54, 1.807) is 6.20 Å². The summed E-state index contributed by atoms with van der Waals surface area (Å²) in [5, 5.41) is 2.90. The van der Waals surface area contributed by atoms with Crippen LogP contribution in [0.3, 0.4) is 0 Å². The van der Waals surface area contributed by atoms with E-state index < -0.39 is 0 Å². The van der Waals surface area contributed by atoms with Gasteiger partial charge in [-0.25, -0.2) is 4.98 Å². The van der Waals surface area contributed by atoms with Gasteiger partial charge in [0.25, 0.3) is 5.56 Å². The normalized spacial score (nSPS) is 11.9. The maximum atomic E-state index is 12.2. The molecule has 1 aromatic carbocycles. The van der Waals surface area contributed by atoms with Crippen LogP contribution in [0.2, 0.25) is 0 Å². The van der Waals surface area contributed by atoms with Crippen LogP contribution in [-0.4, -0.2) is 15.5 Å². The fraction of sp³-hybridized carbons (Fsp3) is 0.353. The number of amides is 1. The van der Waals surface area contributed by atoms with Crippen LogP contribution in [0.5, 0.6) is 0 Å². The van der Waals surface area contributed by atoms with Gasteiger partial charge in [-0.2, -0.15) is 0 Å². The molecule has 5 heteroatoms. The van der Waals surface area contributed by atoms with Crippen molar-refractivity contribution in [1.29, 1.82) is 0 Å². The molecule has 0 fully saturated rings. The molecule has 5 nitrogen and oxygen atoms in total. The lowest BCUT2D eigenvalue weighted by atomic mass is 10.1. The first-order valence-electron chi connectivity index (χ1n) is 7.49. The third kappa shape index (κ3) is 4.04. The number of carbonyl (C=O) groups is 1. The largest absolute Gasteiger partial charge is 0.348 e. The Bertz CT molecular complexity index is 680. The maximum Gasteiger partial charge on any atom is 0.256 e. The van der Waals surface area contributed by atoms with E-state index in [4.69, 9.17) is 0 Å². The summed E-state index contributed by atoms with van der Waals surface area (Å²) in [7, 11) is 0. The summed E-state index contributed by atoms with van der Waals surface area (Å²) in [5.74, 6) is -0.200. The Kier molecular flexibility index (Phi) is 5.47. The summed E-state index contributed by atoms with van der Waals surface area (Å²) in [6.45, 7) is 3.91. The lowest BCUT2D eigenvalue weighted by Crippen LogP contribution is -2.34. The predicted molar refractivity (Wildman–Crippen MR) is 85.5 cm³/mol. The number of benzene rings is 1. The standard InChI is InChI=1S/C17H21N3O2/c1-3-7-15-10-18-12-20(17(15)22)11-16(21)19-13(2)14-8-5-4-6-9-14/h4-6,8-10,12-13H,3,7,11H2,1-2H3,(H,19,21)/t13-/m0/s1. The zero-order valence-corrected chi connectivity index (χ0v) is 13.0. The third-order valence-corrected chi connectivity index (χ3v) is 3.48. The molecule has 0 aliphatic carbocycles. The molecule has 2 aromatic rings. The maximum absolute atomic E-state index is 12.2. The van der Waals surface area contributed by atoms with E-state index >= 15 is 0 Å². The summed E-state index contributed by atoms with van der Waals surface area (Å²) in [4.78, 5) is 28.3. The van der Waals surface area contributed by atoms with Crippen molar-refractivity contribution in [3.8, 4) is 0 Å². The predicted octanol–water partition coefficient (Wildman–Crippen LogP) is 2.07. The third-order valence-electron chi connectivity index (χ3n) is 3.48. The molecule has 0 saturated heterocycles. The Morgan fingerprint density at radius 1 is 1.32 bits per heavy atom. The van der Waals surface area contributed by atoms with Crippen LogP contribution in [0.15, 0.2) is 47.7 Å². The molecule has 0 aliphatic rings. The molecule has 2 rings (SSSR count). The van der Waals surface area contributed by atoms with Gasteiger partial charge in [0.15, 0.2) is 0 Å². The molecule has 0 aliphatic heterocycles. The van der Waals surface area contributed by atoms with Gasteiger partial charge in [0, 0.05) is 11.8 Å². The van der Waals surface area contributed by atoms with Crippen molar-refractivity contribution in [2.45, 2.75) is 39.3 Å². The van der Waals surface area contributed by atoms with Crippen molar-refractivity contribution in [3.63, 3.8) is 0 Å². The van der Waals surface area contributed by atoms with Crippen molar-refractivity contribution in [1.82, 2.24) is 14.9 Å². The molecule has 0 spiro atoms. The summed E-state index contributed by atoms with van der Waals surface area (Å²) < 4.78 is 1.36. The molecule has 1 N–H and O–H groups in total. The first-order chi connectivity index (χ1) is 10.6. The van der Waals surface area contributed by atoms with Crippen LogP contribution in [-0.2, 0) is 17.8 Å². The number of aromatic nitrogens is 2. The monoisotopic (exact) mass is 299 g/mol. The Balaban J connectivity index is 2.03. The molecule has 1 amide bonds. The highest BCUT2D eigenvalue weighted by molar-refractivity contribution is 5.76. The number of nitrogens with one attached hydrogen (secondary N) is 1. The second kappa shape index (κ2) is 7.54. The average Bonchev–Trinajstić information content (AvgIpc) is 2.52. The molecule has 0 radical (unpaired) electrons. The number of carbonyl (C=O) groups excluding carboxylic acids is 1. The van der Waals surface area contributed by atoms with Gasteiger partial charge >= 0.3 is 0 Å². The topological polar surface area (TPSA) is 64.0 Å². The van der Waals surface area contributed by atoms with Gasteiger partial charge < -0.3 is 5.32 Å². The van der Waals surface area contributed by atoms with Gasteiger partial charge in [0.05, 0.1) is 12.4 Å². The number of rotatable bonds is 6. The van der Waals surface area contributed by atoms with E-state index in [0.717, 1.165) is 12.0 Å². The average molecular weight is 299 g/mol. The van der Waals surface area contributed by atoms with Gasteiger partial charge in [-0.15, -0.1) is 0 Å². The number of hydrogen-bond acceptors (Lipinski definition) is 3. The number of aryl methyl sites for hydroxylation is 1. The van der Waals surface area contributed by atoms with Crippen LogP contribution >= 0.6 is 0 Å². The molecule has 0 bridgehead atoms. The van der Waals surface area contributed by atoms with Gasteiger partial charge in [-0.1, -0.05) is 43.7 Å². The van der Waals surface area contributed by atoms with Gasteiger partial charge in [0.2, 0.25) is 5.91 Å². The minimum Gasteiger partial charge on any atom is -0.348 e. The molecular formula is C17H21N3O2. The molecule has 1 aromatic heterocycles. The Morgan fingerprint density at radius 2 is 2.05 bits per heavy atom.